The number of carboxylic acids is 1. The van der Waals surface area contributed by atoms with Crippen LogP contribution in [0.25, 0.3) is 11.3 Å². The molecule has 0 saturated heterocycles. The second kappa shape index (κ2) is 4.91. The maximum atomic E-state index is 10.8. The first kappa shape index (κ1) is 12.2. The van der Waals surface area contributed by atoms with Gasteiger partial charge < -0.3 is 9.84 Å². The van der Waals surface area contributed by atoms with Crippen molar-refractivity contribution in [1.82, 2.24) is 9.78 Å². The molecular weight excluding hydrogens is 232 g/mol. The Morgan fingerprint density at radius 1 is 1.39 bits per heavy atom. The third-order valence-electron chi connectivity index (χ3n) is 2.56. The van der Waals surface area contributed by atoms with E-state index in [0.717, 1.165) is 17.0 Å². The highest BCUT2D eigenvalue weighted by molar-refractivity contribution is 5.87. The van der Waals surface area contributed by atoms with E-state index in [0.29, 0.717) is 6.61 Å². The maximum absolute atomic E-state index is 10.8. The average molecular weight is 246 g/mol. The number of hydrogen-bond donors (Lipinski definition) is 1. The lowest BCUT2D eigenvalue weighted by Crippen LogP contribution is -1.99. The second-order valence-electron chi connectivity index (χ2n) is 3.80. The van der Waals surface area contributed by atoms with Gasteiger partial charge in [-0.2, -0.15) is 5.10 Å². The zero-order valence-corrected chi connectivity index (χ0v) is 10.3. The highest BCUT2D eigenvalue weighted by Crippen LogP contribution is 2.22. The van der Waals surface area contributed by atoms with Crippen LogP contribution in [-0.2, 0) is 7.05 Å². The van der Waals surface area contributed by atoms with Gasteiger partial charge in [0, 0.05) is 12.6 Å². The van der Waals surface area contributed by atoms with Crippen LogP contribution in [-0.4, -0.2) is 27.5 Å². The van der Waals surface area contributed by atoms with E-state index < -0.39 is 5.97 Å². The predicted molar refractivity (Wildman–Crippen MR) is 66.8 cm³/mol. The van der Waals surface area contributed by atoms with Gasteiger partial charge in [0.2, 0.25) is 0 Å². The van der Waals surface area contributed by atoms with Crippen LogP contribution in [0.2, 0.25) is 0 Å². The smallest absolute Gasteiger partial charge is 0.356 e. The molecule has 0 aliphatic heterocycles. The monoisotopic (exact) mass is 246 g/mol. The van der Waals surface area contributed by atoms with Gasteiger partial charge in [0.25, 0.3) is 0 Å². The molecule has 94 valence electrons. The van der Waals surface area contributed by atoms with E-state index in [1.165, 1.54) is 0 Å². The van der Waals surface area contributed by atoms with Gasteiger partial charge in [-0.25, -0.2) is 4.79 Å². The Kier molecular flexibility index (Phi) is 3.32. The molecule has 0 spiro atoms. The fourth-order valence-corrected chi connectivity index (χ4v) is 1.73. The number of carboxylic acid groups (broad SMARTS) is 1. The quantitative estimate of drug-likeness (QED) is 0.898. The molecule has 0 aliphatic rings. The number of nitrogens with zero attached hydrogens (tertiary/aromatic N) is 2. The van der Waals surface area contributed by atoms with Crippen LogP contribution in [0.3, 0.4) is 0 Å². The van der Waals surface area contributed by atoms with Crippen LogP contribution in [0, 0.1) is 0 Å². The summed E-state index contributed by atoms with van der Waals surface area (Å²) in [6, 6.07) is 9.03. The van der Waals surface area contributed by atoms with Gasteiger partial charge in [0.05, 0.1) is 12.3 Å². The maximum Gasteiger partial charge on any atom is 0.356 e. The number of benzene rings is 1. The first-order valence-electron chi connectivity index (χ1n) is 5.62. The van der Waals surface area contributed by atoms with Crippen molar-refractivity contribution in [3.63, 3.8) is 0 Å². The SMILES string of the molecule is CCOc1ccc(-c2cc(C(=O)O)nn2C)cc1. The second-order valence-corrected chi connectivity index (χ2v) is 3.80. The normalized spacial score (nSPS) is 10.3. The summed E-state index contributed by atoms with van der Waals surface area (Å²) in [6.07, 6.45) is 0. The molecule has 18 heavy (non-hydrogen) atoms. The summed E-state index contributed by atoms with van der Waals surface area (Å²) in [6.45, 7) is 2.54. The van der Waals surface area contributed by atoms with E-state index in [1.807, 2.05) is 31.2 Å². The highest BCUT2D eigenvalue weighted by atomic mass is 16.5. The molecule has 1 aromatic heterocycles. The molecule has 1 N–H and O–H groups in total. The largest absolute Gasteiger partial charge is 0.494 e. The summed E-state index contributed by atoms with van der Waals surface area (Å²) in [5, 5.41) is 12.8. The minimum atomic E-state index is -1.03. The molecule has 0 atom stereocenters. The van der Waals surface area contributed by atoms with Crippen LogP contribution in [0.4, 0.5) is 0 Å². The summed E-state index contributed by atoms with van der Waals surface area (Å²) >= 11 is 0. The van der Waals surface area contributed by atoms with Crippen LogP contribution in [0.1, 0.15) is 17.4 Å². The zero-order chi connectivity index (χ0) is 13.1. The number of aryl methyl sites for hydroxylation is 1. The number of aromatic nitrogens is 2. The van der Waals surface area contributed by atoms with Crippen LogP contribution >= 0.6 is 0 Å². The van der Waals surface area contributed by atoms with Crippen molar-refractivity contribution >= 4 is 5.97 Å². The van der Waals surface area contributed by atoms with Crippen molar-refractivity contribution < 1.29 is 14.6 Å². The molecule has 0 fully saturated rings. The van der Waals surface area contributed by atoms with Crippen molar-refractivity contribution in [2.45, 2.75) is 6.92 Å². The molecule has 5 heteroatoms. The van der Waals surface area contributed by atoms with Gasteiger partial charge in [0.15, 0.2) is 5.69 Å². The van der Waals surface area contributed by atoms with Gasteiger partial charge in [-0.3, -0.25) is 4.68 Å². The lowest BCUT2D eigenvalue weighted by atomic mass is 10.1. The Morgan fingerprint density at radius 2 is 2.06 bits per heavy atom. The van der Waals surface area contributed by atoms with Gasteiger partial charge in [-0.15, -0.1) is 0 Å². The molecule has 0 unspecified atom stereocenters. The molecule has 0 aliphatic carbocycles. The van der Waals surface area contributed by atoms with E-state index in [4.69, 9.17) is 9.84 Å². The third kappa shape index (κ3) is 2.34. The first-order valence-corrected chi connectivity index (χ1v) is 5.62. The van der Waals surface area contributed by atoms with Crippen molar-refractivity contribution in [2.75, 3.05) is 6.61 Å². The number of rotatable bonds is 4. The van der Waals surface area contributed by atoms with Gasteiger partial charge in [0.1, 0.15) is 5.75 Å². The van der Waals surface area contributed by atoms with Crippen molar-refractivity contribution in [3.8, 4) is 17.0 Å². The summed E-state index contributed by atoms with van der Waals surface area (Å²) < 4.78 is 6.91. The molecule has 0 saturated carbocycles. The summed E-state index contributed by atoms with van der Waals surface area (Å²) in [5.74, 6) is -0.232. The van der Waals surface area contributed by atoms with Crippen LogP contribution in [0.5, 0.6) is 5.75 Å². The average Bonchev–Trinajstić information content (AvgIpc) is 2.73. The topological polar surface area (TPSA) is 64.3 Å². The fourth-order valence-electron chi connectivity index (χ4n) is 1.73. The number of aromatic carboxylic acids is 1. The molecule has 0 radical (unpaired) electrons. The van der Waals surface area contributed by atoms with E-state index in [1.54, 1.807) is 17.8 Å². The van der Waals surface area contributed by atoms with Crippen LogP contribution in [0.15, 0.2) is 30.3 Å². The summed E-state index contributed by atoms with van der Waals surface area (Å²) in [4.78, 5) is 10.8. The summed E-state index contributed by atoms with van der Waals surface area (Å²) in [7, 11) is 1.72. The Hall–Kier alpha value is -2.30. The minimum absolute atomic E-state index is 0.0429. The standard InChI is InChI=1S/C13H14N2O3/c1-3-18-10-6-4-9(5-7-10)12-8-11(13(16)17)14-15(12)2/h4-8H,3H2,1-2H3,(H,16,17). The van der Waals surface area contributed by atoms with Crippen molar-refractivity contribution in [1.29, 1.82) is 0 Å². The molecule has 2 aromatic rings. The molecular formula is C13H14N2O3. The Bertz CT molecular complexity index is 558. The zero-order valence-electron chi connectivity index (χ0n) is 10.3. The molecule has 0 bridgehead atoms. The molecule has 0 amide bonds. The molecule has 5 nitrogen and oxygen atoms in total. The fraction of sp³-hybridized carbons (Fsp3) is 0.231. The Labute approximate surface area is 105 Å². The Balaban J connectivity index is 2.33. The van der Waals surface area contributed by atoms with Crippen molar-refractivity contribution in [3.05, 3.63) is 36.0 Å². The van der Waals surface area contributed by atoms with E-state index in [2.05, 4.69) is 5.10 Å². The van der Waals surface area contributed by atoms with E-state index in [-0.39, 0.29) is 5.69 Å². The summed E-state index contributed by atoms with van der Waals surface area (Å²) in [5.41, 5.74) is 1.71. The lowest BCUT2D eigenvalue weighted by Gasteiger charge is -2.05. The highest BCUT2D eigenvalue weighted by Gasteiger charge is 2.12. The minimum Gasteiger partial charge on any atom is -0.494 e. The third-order valence-corrected chi connectivity index (χ3v) is 2.56. The van der Waals surface area contributed by atoms with Crippen molar-refractivity contribution in [2.24, 2.45) is 7.05 Å². The lowest BCUT2D eigenvalue weighted by molar-refractivity contribution is 0.0689. The van der Waals surface area contributed by atoms with Gasteiger partial charge in [-0.05, 0) is 37.3 Å². The van der Waals surface area contributed by atoms with Gasteiger partial charge in [-0.1, -0.05) is 0 Å². The Morgan fingerprint density at radius 3 is 2.56 bits per heavy atom. The van der Waals surface area contributed by atoms with E-state index >= 15 is 0 Å². The number of carbonyl (C=O) groups is 1. The molecule has 1 heterocycles. The molecule has 2 rings (SSSR count). The predicted octanol–water partition coefficient (Wildman–Crippen LogP) is 2.18. The van der Waals surface area contributed by atoms with E-state index in [9.17, 15) is 4.79 Å². The molecule has 1 aromatic carbocycles. The first-order chi connectivity index (χ1) is 8.61. The number of hydrogen-bond acceptors (Lipinski definition) is 3. The number of ether oxygens (including phenoxy) is 1. The van der Waals surface area contributed by atoms with Gasteiger partial charge >= 0.3 is 5.97 Å². The van der Waals surface area contributed by atoms with Crippen LogP contribution < -0.4 is 4.74 Å².